The number of rotatable bonds is 5. The van der Waals surface area contributed by atoms with Crippen molar-refractivity contribution in [3.8, 4) is 0 Å². The summed E-state index contributed by atoms with van der Waals surface area (Å²) < 4.78 is 0. The minimum absolute atomic E-state index is 0.214. The van der Waals surface area contributed by atoms with Gasteiger partial charge in [-0.3, -0.25) is 9.59 Å². The van der Waals surface area contributed by atoms with E-state index in [1.165, 1.54) is 6.92 Å². The van der Waals surface area contributed by atoms with Gasteiger partial charge in [0.05, 0.1) is 21.4 Å². The number of carbonyl (C=O) groups is 2. The highest BCUT2D eigenvalue weighted by Gasteiger charge is 2.11. The van der Waals surface area contributed by atoms with Crippen LogP contribution in [-0.2, 0) is 16.0 Å². The number of benzene rings is 2. The van der Waals surface area contributed by atoms with Gasteiger partial charge in [0, 0.05) is 18.4 Å². The third-order valence-corrected chi connectivity index (χ3v) is 4.31. The average molecular weight is 386 g/mol. The molecular formula is C17H15Cl3N2O2. The highest BCUT2D eigenvalue weighted by Crippen LogP contribution is 2.28. The molecule has 0 saturated heterocycles. The van der Waals surface area contributed by atoms with Crippen LogP contribution in [0.2, 0.25) is 15.1 Å². The lowest BCUT2D eigenvalue weighted by atomic mass is 10.1. The number of hydrogen-bond acceptors (Lipinski definition) is 2. The Bertz CT molecular complexity index is 778. The van der Waals surface area contributed by atoms with Crippen molar-refractivity contribution in [3.05, 3.63) is 57.0 Å². The number of amides is 2. The smallest absolute Gasteiger partial charge is 0.224 e. The van der Waals surface area contributed by atoms with Crippen molar-refractivity contribution in [3.63, 3.8) is 0 Å². The summed E-state index contributed by atoms with van der Waals surface area (Å²) in [5.74, 6) is -0.460. The maximum Gasteiger partial charge on any atom is 0.224 e. The van der Waals surface area contributed by atoms with E-state index >= 15 is 0 Å². The van der Waals surface area contributed by atoms with Crippen LogP contribution < -0.4 is 10.6 Å². The lowest BCUT2D eigenvalue weighted by Gasteiger charge is -2.12. The first-order valence-corrected chi connectivity index (χ1v) is 8.30. The Hall–Kier alpha value is -1.75. The fourth-order valence-corrected chi connectivity index (χ4v) is 2.71. The lowest BCUT2D eigenvalue weighted by molar-refractivity contribution is -0.116. The molecule has 24 heavy (non-hydrogen) atoms. The summed E-state index contributed by atoms with van der Waals surface area (Å²) in [6, 6.07) is 10.1. The Labute approximate surface area is 155 Å². The first kappa shape index (κ1) is 18.6. The summed E-state index contributed by atoms with van der Waals surface area (Å²) in [5.41, 5.74) is 1.73. The maximum absolute atomic E-state index is 12.2. The Morgan fingerprint density at radius 3 is 2.46 bits per heavy atom. The van der Waals surface area contributed by atoms with Crippen molar-refractivity contribution in [1.82, 2.24) is 0 Å². The van der Waals surface area contributed by atoms with Crippen molar-refractivity contribution < 1.29 is 9.59 Å². The molecule has 4 nitrogen and oxygen atoms in total. The van der Waals surface area contributed by atoms with Crippen LogP contribution in [0.5, 0.6) is 0 Å². The number of halogens is 3. The molecule has 0 aliphatic carbocycles. The predicted molar refractivity (Wildman–Crippen MR) is 99.2 cm³/mol. The van der Waals surface area contributed by atoms with Gasteiger partial charge in [-0.2, -0.15) is 0 Å². The second-order valence-electron chi connectivity index (χ2n) is 5.13. The molecule has 0 bridgehead atoms. The fourth-order valence-electron chi connectivity index (χ4n) is 2.12. The molecule has 0 aliphatic rings. The van der Waals surface area contributed by atoms with Crippen LogP contribution in [0.4, 0.5) is 11.4 Å². The summed E-state index contributed by atoms with van der Waals surface area (Å²) in [5, 5.41) is 6.76. The molecule has 2 amide bonds. The first-order chi connectivity index (χ1) is 11.4. The molecule has 2 rings (SSSR count). The molecule has 0 radical (unpaired) electrons. The number of hydrogen-bond donors (Lipinski definition) is 2. The van der Waals surface area contributed by atoms with E-state index in [-0.39, 0.29) is 18.2 Å². The Kier molecular flexibility index (Phi) is 6.49. The molecule has 2 N–H and O–H groups in total. The van der Waals surface area contributed by atoms with Crippen molar-refractivity contribution in [2.45, 2.75) is 19.8 Å². The molecule has 0 atom stereocenters. The lowest BCUT2D eigenvalue weighted by Crippen LogP contribution is -2.15. The van der Waals surface area contributed by atoms with E-state index in [1.54, 1.807) is 30.3 Å². The van der Waals surface area contributed by atoms with Gasteiger partial charge in [-0.1, -0.05) is 46.9 Å². The molecule has 2 aromatic carbocycles. The minimum atomic E-state index is -0.237. The van der Waals surface area contributed by atoms with E-state index in [2.05, 4.69) is 10.6 Å². The molecule has 0 unspecified atom stereocenters. The maximum atomic E-state index is 12.2. The van der Waals surface area contributed by atoms with Crippen molar-refractivity contribution >= 4 is 58.0 Å². The largest absolute Gasteiger partial charge is 0.325 e. The molecule has 0 aliphatic heterocycles. The first-order valence-electron chi connectivity index (χ1n) is 7.16. The summed E-state index contributed by atoms with van der Waals surface area (Å²) in [6.45, 7) is 1.39. The van der Waals surface area contributed by atoms with Gasteiger partial charge in [-0.15, -0.1) is 0 Å². The number of carbonyl (C=O) groups excluding carboxylic acids is 2. The fraction of sp³-hybridized carbons (Fsp3) is 0.176. The summed E-state index contributed by atoms with van der Waals surface area (Å²) in [6.07, 6.45) is 0.660. The van der Waals surface area contributed by atoms with Gasteiger partial charge in [0.25, 0.3) is 0 Å². The van der Waals surface area contributed by atoms with Crippen LogP contribution in [0.1, 0.15) is 18.9 Å². The topological polar surface area (TPSA) is 58.2 Å². The van der Waals surface area contributed by atoms with E-state index in [4.69, 9.17) is 34.8 Å². The zero-order valence-corrected chi connectivity index (χ0v) is 15.1. The molecule has 7 heteroatoms. The number of aryl methyl sites for hydroxylation is 1. The normalized spacial score (nSPS) is 10.3. The van der Waals surface area contributed by atoms with E-state index in [1.807, 2.05) is 6.07 Å². The van der Waals surface area contributed by atoms with Gasteiger partial charge in [0.1, 0.15) is 0 Å². The standard InChI is InChI=1S/C17H15Cl3N2O2/c1-10(23)21-14-7-6-12(18)9-15(14)22-16(24)8-5-11-3-2-4-13(19)17(11)20/h2-4,6-7,9H,5,8H2,1H3,(H,21,23)(H,22,24). The third kappa shape index (κ3) is 5.13. The van der Waals surface area contributed by atoms with E-state index < -0.39 is 0 Å². The second kappa shape index (κ2) is 8.38. The zero-order valence-electron chi connectivity index (χ0n) is 12.8. The molecule has 0 spiro atoms. The van der Waals surface area contributed by atoms with Crippen LogP contribution in [-0.4, -0.2) is 11.8 Å². The summed E-state index contributed by atoms with van der Waals surface area (Å²) >= 11 is 18.0. The van der Waals surface area contributed by atoms with Gasteiger partial charge in [0.15, 0.2) is 0 Å². The van der Waals surface area contributed by atoms with Crippen LogP contribution in [0, 0.1) is 0 Å². The Balaban J connectivity index is 2.05. The average Bonchev–Trinajstić information content (AvgIpc) is 2.51. The molecular weight excluding hydrogens is 371 g/mol. The highest BCUT2D eigenvalue weighted by atomic mass is 35.5. The van der Waals surface area contributed by atoms with Gasteiger partial charge in [-0.25, -0.2) is 0 Å². The molecule has 0 saturated carbocycles. The molecule has 0 aromatic heterocycles. The minimum Gasteiger partial charge on any atom is -0.325 e. The second-order valence-corrected chi connectivity index (χ2v) is 6.35. The van der Waals surface area contributed by atoms with Gasteiger partial charge < -0.3 is 10.6 Å². The molecule has 0 fully saturated rings. The Morgan fingerprint density at radius 2 is 1.75 bits per heavy atom. The van der Waals surface area contributed by atoms with E-state index in [9.17, 15) is 9.59 Å². The van der Waals surface area contributed by atoms with Gasteiger partial charge >= 0.3 is 0 Å². The number of nitrogens with one attached hydrogen (secondary N) is 2. The van der Waals surface area contributed by atoms with Gasteiger partial charge in [-0.05, 0) is 36.2 Å². The Morgan fingerprint density at radius 1 is 1.00 bits per heavy atom. The van der Waals surface area contributed by atoms with Crippen molar-refractivity contribution in [2.75, 3.05) is 10.6 Å². The third-order valence-electron chi connectivity index (χ3n) is 3.22. The number of anilines is 2. The summed E-state index contributed by atoms with van der Waals surface area (Å²) in [4.78, 5) is 23.4. The zero-order chi connectivity index (χ0) is 17.7. The summed E-state index contributed by atoms with van der Waals surface area (Å²) in [7, 11) is 0. The van der Waals surface area contributed by atoms with Gasteiger partial charge in [0.2, 0.25) is 11.8 Å². The predicted octanol–water partition coefficient (Wildman–Crippen LogP) is 5.18. The molecule has 126 valence electrons. The van der Waals surface area contributed by atoms with Crippen LogP contribution in [0.3, 0.4) is 0 Å². The van der Waals surface area contributed by atoms with Crippen molar-refractivity contribution in [1.29, 1.82) is 0 Å². The highest BCUT2D eigenvalue weighted by molar-refractivity contribution is 6.42. The SMILES string of the molecule is CC(=O)Nc1ccc(Cl)cc1NC(=O)CCc1cccc(Cl)c1Cl. The van der Waals surface area contributed by atoms with E-state index in [0.29, 0.717) is 32.9 Å². The van der Waals surface area contributed by atoms with Crippen LogP contribution in [0.15, 0.2) is 36.4 Å². The van der Waals surface area contributed by atoms with E-state index in [0.717, 1.165) is 5.56 Å². The van der Waals surface area contributed by atoms with Crippen molar-refractivity contribution in [2.24, 2.45) is 0 Å². The van der Waals surface area contributed by atoms with Crippen LogP contribution in [0.25, 0.3) is 0 Å². The quantitative estimate of drug-likeness (QED) is 0.745. The molecule has 0 heterocycles. The molecule has 2 aromatic rings. The van der Waals surface area contributed by atoms with Crippen LogP contribution >= 0.6 is 34.8 Å². The monoisotopic (exact) mass is 384 g/mol.